The van der Waals surface area contributed by atoms with Crippen LogP contribution in [0.2, 0.25) is 0 Å². The molecule has 1 N–H and O–H groups in total. The van der Waals surface area contributed by atoms with Gasteiger partial charge >= 0.3 is 0 Å². The monoisotopic (exact) mass is 228 g/mol. The minimum absolute atomic E-state index is 0.674. The fraction of sp³-hybridized carbons (Fsp3) is 0.357. The minimum Gasteiger partial charge on any atom is -0.493 e. The molecule has 0 atom stereocenters. The van der Waals surface area contributed by atoms with E-state index < -0.39 is 0 Å². The van der Waals surface area contributed by atoms with E-state index in [4.69, 9.17) is 4.74 Å². The van der Waals surface area contributed by atoms with Crippen molar-refractivity contribution in [3.8, 4) is 17.1 Å². The lowest BCUT2D eigenvalue weighted by Crippen LogP contribution is -1.94. The molecule has 1 aliphatic carbocycles. The third-order valence-electron chi connectivity index (χ3n) is 3.05. The Bertz CT molecular complexity index is 514. The minimum atomic E-state index is 0.674. The zero-order valence-electron chi connectivity index (χ0n) is 9.94. The lowest BCUT2D eigenvalue weighted by molar-refractivity contribution is 0.341. The second kappa shape index (κ2) is 4.24. The molecule has 3 rings (SSSR count). The first-order valence-corrected chi connectivity index (χ1v) is 6.15. The van der Waals surface area contributed by atoms with Gasteiger partial charge in [0.05, 0.1) is 12.2 Å². The van der Waals surface area contributed by atoms with E-state index in [0.717, 1.165) is 17.1 Å². The van der Waals surface area contributed by atoms with Crippen LogP contribution in [0, 0.1) is 0 Å². The predicted molar refractivity (Wildman–Crippen MR) is 67.2 cm³/mol. The molecule has 2 aromatic rings. The maximum Gasteiger partial charge on any atom is 0.141 e. The molecule has 1 aromatic carbocycles. The van der Waals surface area contributed by atoms with Crippen LogP contribution < -0.4 is 4.74 Å². The van der Waals surface area contributed by atoms with Crippen molar-refractivity contribution in [1.29, 1.82) is 0 Å². The Morgan fingerprint density at radius 1 is 1.35 bits per heavy atom. The van der Waals surface area contributed by atoms with Gasteiger partial charge in [0, 0.05) is 17.8 Å². The van der Waals surface area contributed by atoms with E-state index in [0.29, 0.717) is 12.5 Å². The molecule has 1 aliphatic rings. The van der Waals surface area contributed by atoms with Crippen LogP contribution in [0.25, 0.3) is 11.4 Å². The molecular weight excluding hydrogens is 212 g/mol. The van der Waals surface area contributed by atoms with Gasteiger partial charge in [-0.2, -0.15) is 0 Å². The molecule has 0 spiro atoms. The number of benzene rings is 1. The molecule has 0 saturated heterocycles. The van der Waals surface area contributed by atoms with E-state index in [1.54, 1.807) is 0 Å². The first-order valence-electron chi connectivity index (χ1n) is 6.15. The summed E-state index contributed by atoms with van der Waals surface area (Å²) in [6, 6.07) is 8.02. The van der Waals surface area contributed by atoms with Gasteiger partial charge in [-0.15, -0.1) is 0 Å². The Kier molecular flexibility index (Phi) is 2.59. The average Bonchev–Trinajstić information content (AvgIpc) is 3.09. The number of aromatic amines is 1. The SMILES string of the molecule is CCOc1ccccc1-c1ncc(C2CC2)[nH]1. The number of ether oxygens (including phenoxy) is 1. The van der Waals surface area contributed by atoms with Gasteiger partial charge in [0.15, 0.2) is 0 Å². The molecule has 0 radical (unpaired) electrons. The number of H-pyrrole nitrogens is 1. The van der Waals surface area contributed by atoms with Gasteiger partial charge in [-0.05, 0) is 31.9 Å². The van der Waals surface area contributed by atoms with Crippen molar-refractivity contribution in [3.05, 3.63) is 36.2 Å². The normalized spacial score (nSPS) is 14.9. The number of rotatable bonds is 4. The molecule has 1 aromatic heterocycles. The number of aromatic nitrogens is 2. The number of nitrogens with zero attached hydrogens (tertiary/aromatic N) is 1. The molecule has 0 aliphatic heterocycles. The second-order valence-electron chi connectivity index (χ2n) is 4.39. The highest BCUT2D eigenvalue weighted by Crippen LogP contribution is 2.40. The summed E-state index contributed by atoms with van der Waals surface area (Å²) >= 11 is 0. The summed E-state index contributed by atoms with van der Waals surface area (Å²) in [5.74, 6) is 2.51. The van der Waals surface area contributed by atoms with Crippen LogP contribution in [-0.2, 0) is 0 Å². The Morgan fingerprint density at radius 3 is 2.94 bits per heavy atom. The third-order valence-corrected chi connectivity index (χ3v) is 3.05. The second-order valence-corrected chi connectivity index (χ2v) is 4.39. The molecule has 1 heterocycles. The Hall–Kier alpha value is -1.77. The summed E-state index contributed by atoms with van der Waals surface area (Å²) in [6.07, 6.45) is 4.53. The van der Waals surface area contributed by atoms with Crippen LogP contribution in [0.15, 0.2) is 30.5 Å². The standard InChI is InChI=1S/C14H16N2O/c1-2-17-13-6-4-3-5-11(13)14-15-9-12(16-14)10-7-8-10/h3-6,9-10H,2,7-8H2,1H3,(H,15,16). The quantitative estimate of drug-likeness (QED) is 0.871. The van der Waals surface area contributed by atoms with E-state index in [2.05, 4.69) is 9.97 Å². The van der Waals surface area contributed by atoms with Gasteiger partial charge in [0.25, 0.3) is 0 Å². The molecule has 0 bridgehead atoms. The topological polar surface area (TPSA) is 37.9 Å². The summed E-state index contributed by atoms with van der Waals surface area (Å²) in [7, 11) is 0. The maximum atomic E-state index is 5.62. The summed E-state index contributed by atoms with van der Waals surface area (Å²) in [6.45, 7) is 2.67. The van der Waals surface area contributed by atoms with E-state index in [1.807, 2.05) is 37.4 Å². The largest absolute Gasteiger partial charge is 0.493 e. The summed E-state index contributed by atoms with van der Waals surface area (Å²) < 4.78 is 5.62. The van der Waals surface area contributed by atoms with Gasteiger partial charge in [-0.3, -0.25) is 0 Å². The van der Waals surface area contributed by atoms with Crippen molar-refractivity contribution >= 4 is 0 Å². The Morgan fingerprint density at radius 2 is 2.18 bits per heavy atom. The summed E-state index contributed by atoms with van der Waals surface area (Å²) in [5.41, 5.74) is 2.30. The number of hydrogen-bond acceptors (Lipinski definition) is 2. The van der Waals surface area contributed by atoms with Crippen LogP contribution in [-0.4, -0.2) is 16.6 Å². The van der Waals surface area contributed by atoms with Crippen LogP contribution in [0.5, 0.6) is 5.75 Å². The van der Waals surface area contributed by atoms with Crippen molar-refractivity contribution in [2.75, 3.05) is 6.61 Å². The van der Waals surface area contributed by atoms with Crippen molar-refractivity contribution < 1.29 is 4.74 Å². The summed E-state index contributed by atoms with van der Waals surface area (Å²) in [5, 5.41) is 0. The molecule has 3 heteroatoms. The number of nitrogens with one attached hydrogen (secondary N) is 1. The van der Waals surface area contributed by atoms with Crippen molar-refractivity contribution in [2.24, 2.45) is 0 Å². The first-order chi connectivity index (χ1) is 8.38. The predicted octanol–water partition coefficient (Wildman–Crippen LogP) is 3.35. The Labute approximate surface area is 101 Å². The van der Waals surface area contributed by atoms with E-state index >= 15 is 0 Å². The van der Waals surface area contributed by atoms with Crippen LogP contribution >= 0.6 is 0 Å². The first kappa shape index (κ1) is 10.4. The molecular formula is C14H16N2O. The van der Waals surface area contributed by atoms with E-state index in [-0.39, 0.29) is 0 Å². The Balaban J connectivity index is 1.95. The highest BCUT2D eigenvalue weighted by molar-refractivity contribution is 5.64. The van der Waals surface area contributed by atoms with Crippen LogP contribution in [0.1, 0.15) is 31.4 Å². The fourth-order valence-electron chi connectivity index (χ4n) is 2.02. The summed E-state index contributed by atoms with van der Waals surface area (Å²) in [4.78, 5) is 7.85. The zero-order chi connectivity index (χ0) is 11.7. The maximum absolute atomic E-state index is 5.62. The van der Waals surface area contributed by atoms with Gasteiger partial charge in [-0.1, -0.05) is 12.1 Å². The lowest BCUT2D eigenvalue weighted by Gasteiger charge is -2.07. The van der Waals surface area contributed by atoms with Crippen LogP contribution in [0.4, 0.5) is 0 Å². The van der Waals surface area contributed by atoms with Gasteiger partial charge in [0.1, 0.15) is 11.6 Å². The lowest BCUT2D eigenvalue weighted by atomic mass is 10.2. The van der Waals surface area contributed by atoms with Gasteiger partial charge in [0.2, 0.25) is 0 Å². The molecule has 17 heavy (non-hydrogen) atoms. The van der Waals surface area contributed by atoms with E-state index in [1.165, 1.54) is 18.5 Å². The number of para-hydroxylation sites is 1. The highest BCUT2D eigenvalue weighted by atomic mass is 16.5. The van der Waals surface area contributed by atoms with Crippen LogP contribution in [0.3, 0.4) is 0 Å². The number of hydrogen-bond donors (Lipinski definition) is 1. The number of imidazole rings is 1. The van der Waals surface area contributed by atoms with Gasteiger partial charge < -0.3 is 9.72 Å². The fourth-order valence-corrected chi connectivity index (χ4v) is 2.02. The third kappa shape index (κ3) is 2.05. The molecule has 0 unspecified atom stereocenters. The van der Waals surface area contributed by atoms with Gasteiger partial charge in [-0.25, -0.2) is 4.98 Å². The molecule has 3 nitrogen and oxygen atoms in total. The average molecular weight is 228 g/mol. The van der Waals surface area contributed by atoms with Crippen molar-refractivity contribution in [2.45, 2.75) is 25.7 Å². The molecule has 1 saturated carbocycles. The molecule has 1 fully saturated rings. The zero-order valence-corrected chi connectivity index (χ0v) is 9.94. The smallest absolute Gasteiger partial charge is 0.141 e. The molecule has 88 valence electrons. The van der Waals surface area contributed by atoms with Crippen molar-refractivity contribution in [3.63, 3.8) is 0 Å². The molecule has 0 amide bonds. The van der Waals surface area contributed by atoms with Crippen molar-refractivity contribution in [1.82, 2.24) is 9.97 Å². The highest BCUT2D eigenvalue weighted by Gasteiger charge is 2.25. The van der Waals surface area contributed by atoms with E-state index in [9.17, 15) is 0 Å².